The number of pyridine rings is 1. The predicted molar refractivity (Wildman–Crippen MR) is 61.1 cm³/mol. The van der Waals surface area contributed by atoms with Gasteiger partial charge in [0.2, 0.25) is 0 Å². The zero-order chi connectivity index (χ0) is 12.0. The molecule has 0 bridgehead atoms. The Morgan fingerprint density at radius 1 is 1.75 bits per heavy atom. The van der Waals surface area contributed by atoms with E-state index in [1.165, 1.54) is 11.8 Å². The number of hydrogen-bond donors (Lipinski definition) is 1. The minimum atomic E-state index is -0.917. The van der Waals surface area contributed by atoms with Crippen molar-refractivity contribution in [2.24, 2.45) is 0 Å². The molecule has 0 saturated heterocycles. The van der Waals surface area contributed by atoms with Crippen LogP contribution in [0.3, 0.4) is 0 Å². The Bertz CT molecular complexity index is 463. The summed E-state index contributed by atoms with van der Waals surface area (Å²) in [7, 11) is 0. The molecule has 0 spiro atoms. The van der Waals surface area contributed by atoms with Crippen molar-refractivity contribution >= 4 is 17.7 Å². The van der Waals surface area contributed by atoms with Gasteiger partial charge in [-0.05, 0) is 19.1 Å². The Kier molecular flexibility index (Phi) is 4.55. The smallest absolute Gasteiger partial charge is 0.330 e. The number of nitrogens with zero attached hydrogens (tertiary/aromatic N) is 2. The van der Waals surface area contributed by atoms with Crippen molar-refractivity contribution in [1.29, 1.82) is 5.26 Å². The van der Waals surface area contributed by atoms with Gasteiger partial charge in [-0.1, -0.05) is 6.08 Å². The summed E-state index contributed by atoms with van der Waals surface area (Å²) in [4.78, 5) is 14.6. The lowest BCUT2D eigenvalue weighted by atomic mass is 10.3. The number of aromatic nitrogens is 1. The highest BCUT2D eigenvalue weighted by Gasteiger charge is 2.00. The van der Waals surface area contributed by atoms with Crippen LogP contribution < -0.4 is 0 Å². The molecule has 1 aromatic rings. The maximum absolute atomic E-state index is 10.5. The molecule has 0 aliphatic heterocycles. The van der Waals surface area contributed by atoms with Gasteiger partial charge >= 0.3 is 5.97 Å². The monoisotopic (exact) mass is 234 g/mol. The number of carboxylic acids is 1. The molecule has 0 atom stereocenters. The Morgan fingerprint density at radius 3 is 3.12 bits per heavy atom. The van der Waals surface area contributed by atoms with E-state index in [0.29, 0.717) is 21.9 Å². The van der Waals surface area contributed by atoms with E-state index in [0.717, 1.165) is 0 Å². The lowest BCUT2D eigenvalue weighted by molar-refractivity contribution is -0.132. The number of carbonyl (C=O) groups is 1. The molecule has 0 unspecified atom stereocenters. The number of nitriles is 1. The van der Waals surface area contributed by atoms with Crippen LogP contribution in [0.4, 0.5) is 0 Å². The van der Waals surface area contributed by atoms with Crippen molar-refractivity contribution in [1.82, 2.24) is 4.98 Å². The van der Waals surface area contributed by atoms with Crippen LogP contribution in [-0.4, -0.2) is 21.8 Å². The van der Waals surface area contributed by atoms with Crippen LogP contribution in [0.2, 0.25) is 0 Å². The summed E-state index contributed by atoms with van der Waals surface area (Å²) in [5.74, 6) is -0.389. The fraction of sp³-hybridized carbons (Fsp3) is 0.182. The third-order valence-electron chi connectivity index (χ3n) is 1.82. The largest absolute Gasteiger partial charge is 0.478 e. The highest BCUT2D eigenvalue weighted by Crippen LogP contribution is 2.16. The second kappa shape index (κ2) is 5.93. The van der Waals surface area contributed by atoms with Crippen molar-refractivity contribution in [3.8, 4) is 6.07 Å². The van der Waals surface area contributed by atoms with Crippen molar-refractivity contribution in [2.75, 3.05) is 5.75 Å². The van der Waals surface area contributed by atoms with E-state index in [2.05, 4.69) is 4.98 Å². The van der Waals surface area contributed by atoms with Crippen molar-refractivity contribution in [2.45, 2.75) is 11.9 Å². The van der Waals surface area contributed by atoms with Crippen LogP contribution >= 0.6 is 11.8 Å². The maximum atomic E-state index is 10.5. The van der Waals surface area contributed by atoms with E-state index in [9.17, 15) is 4.79 Å². The van der Waals surface area contributed by atoms with E-state index in [1.807, 2.05) is 6.07 Å². The van der Waals surface area contributed by atoms with E-state index >= 15 is 0 Å². The SMILES string of the molecule is C/C(=C/CSc1cc(C#N)ccn1)C(=O)O. The van der Waals surface area contributed by atoms with Gasteiger partial charge in [-0.2, -0.15) is 5.26 Å². The summed E-state index contributed by atoms with van der Waals surface area (Å²) < 4.78 is 0. The molecular formula is C11H10N2O2S. The van der Waals surface area contributed by atoms with E-state index in [1.54, 1.807) is 31.3 Å². The van der Waals surface area contributed by atoms with Gasteiger partial charge in [0.05, 0.1) is 16.7 Å². The summed E-state index contributed by atoms with van der Waals surface area (Å²) in [6, 6.07) is 5.32. The zero-order valence-corrected chi connectivity index (χ0v) is 9.49. The average molecular weight is 234 g/mol. The number of carboxylic acid groups (broad SMARTS) is 1. The third-order valence-corrected chi connectivity index (χ3v) is 2.67. The number of hydrogen-bond acceptors (Lipinski definition) is 4. The molecule has 0 saturated carbocycles. The van der Waals surface area contributed by atoms with Gasteiger partial charge in [-0.15, -0.1) is 11.8 Å². The molecule has 1 aromatic heterocycles. The van der Waals surface area contributed by atoms with Crippen LogP contribution in [0, 0.1) is 11.3 Å². The first kappa shape index (κ1) is 12.3. The average Bonchev–Trinajstić information content (AvgIpc) is 2.29. The summed E-state index contributed by atoms with van der Waals surface area (Å²) >= 11 is 1.39. The summed E-state index contributed by atoms with van der Waals surface area (Å²) in [5.41, 5.74) is 0.861. The molecule has 0 radical (unpaired) electrons. The summed E-state index contributed by atoms with van der Waals surface area (Å²) in [6.45, 7) is 1.54. The fourth-order valence-corrected chi connectivity index (χ4v) is 1.75. The van der Waals surface area contributed by atoms with Crippen molar-refractivity contribution in [3.63, 3.8) is 0 Å². The standard InChI is InChI=1S/C11H10N2O2S/c1-8(11(14)15)3-5-16-10-6-9(7-12)2-4-13-10/h2-4,6H,5H2,1H3,(H,14,15)/b8-3-. The molecule has 0 fully saturated rings. The van der Waals surface area contributed by atoms with Crippen LogP contribution in [0.15, 0.2) is 35.0 Å². The van der Waals surface area contributed by atoms with Gasteiger partial charge in [0.25, 0.3) is 0 Å². The predicted octanol–water partition coefficient (Wildman–Crippen LogP) is 2.08. The van der Waals surface area contributed by atoms with Gasteiger partial charge in [-0.25, -0.2) is 9.78 Å². The molecule has 1 rings (SSSR count). The Balaban J connectivity index is 2.59. The van der Waals surface area contributed by atoms with Gasteiger partial charge in [0.15, 0.2) is 0 Å². The van der Waals surface area contributed by atoms with E-state index in [4.69, 9.17) is 10.4 Å². The Hall–Kier alpha value is -1.80. The highest BCUT2D eigenvalue weighted by atomic mass is 32.2. The topological polar surface area (TPSA) is 74.0 Å². The number of thioether (sulfide) groups is 1. The molecular weight excluding hydrogens is 224 g/mol. The second-order valence-corrected chi connectivity index (χ2v) is 4.04. The fourth-order valence-electron chi connectivity index (χ4n) is 0.897. The van der Waals surface area contributed by atoms with Gasteiger partial charge in [-0.3, -0.25) is 0 Å². The summed E-state index contributed by atoms with van der Waals surface area (Å²) in [6.07, 6.45) is 3.18. The highest BCUT2D eigenvalue weighted by molar-refractivity contribution is 7.99. The molecule has 0 amide bonds. The zero-order valence-electron chi connectivity index (χ0n) is 8.67. The maximum Gasteiger partial charge on any atom is 0.330 e. The van der Waals surface area contributed by atoms with Crippen molar-refractivity contribution in [3.05, 3.63) is 35.5 Å². The minimum Gasteiger partial charge on any atom is -0.478 e. The molecule has 1 heterocycles. The first-order chi connectivity index (χ1) is 7.63. The normalized spacial score (nSPS) is 10.9. The molecule has 82 valence electrons. The lowest BCUT2D eigenvalue weighted by Gasteiger charge is -1.98. The molecule has 0 aliphatic rings. The van der Waals surface area contributed by atoms with Crippen molar-refractivity contribution < 1.29 is 9.90 Å². The Labute approximate surface area is 97.6 Å². The molecule has 4 nitrogen and oxygen atoms in total. The second-order valence-electron chi connectivity index (χ2n) is 3.00. The summed E-state index contributed by atoms with van der Waals surface area (Å²) in [5, 5.41) is 18.0. The molecule has 16 heavy (non-hydrogen) atoms. The van der Waals surface area contributed by atoms with E-state index in [-0.39, 0.29) is 0 Å². The first-order valence-corrected chi connectivity index (χ1v) is 5.51. The minimum absolute atomic E-state index is 0.309. The van der Waals surface area contributed by atoms with Crippen LogP contribution in [0.1, 0.15) is 12.5 Å². The van der Waals surface area contributed by atoms with Gasteiger partial charge in [0.1, 0.15) is 0 Å². The van der Waals surface area contributed by atoms with Crippen LogP contribution in [0.5, 0.6) is 0 Å². The quantitative estimate of drug-likeness (QED) is 0.637. The molecule has 0 aromatic carbocycles. The lowest BCUT2D eigenvalue weighted by Crippen LogP contribution is -1.96. The van der Waals surface area contributed by atoms with Gasteiger partial charge in [0, 0.05) is 17.5 Å². The third kappa shape index (κ3) is 3.75. The van der Waals surface area contributed by atoms with Gasteiger partial charge < -0.3 is 5.11 Å². The van der Waals surface area contributed by atoms with Crippen LogP contribution in [0.25, 0.3) is 0 Å². The number of aliphatic carboxylic acids is 1. The Morgan fingerprint density at radius 2 is 2.50 bits per heavy atom. The molecule has 5 heteroatoms. The van der Waals surface area contributed by atoms with E-state index < -0.39 is 5.97 Å². The van der Waals surface area contributed by atoms with Crippen LogP contribution in [-0.2, 0) is 4.79 Å². The number of rotatable bonds is 4. The molecule has 1 N–H and O–H groups in total. The molecule has 0 aliphatic carbocycles. The first-order valence-electron chi connectivity index (χ1n) is 4.52.